The third-order valence-corrected chi connectivity index (χ3v) is 3.67. The maximum Gasteiger partial charge on any atom is 0.123 e. The molecule has 0 aliphatic rings. The van der Waals surface area contributed by atoms with Gasteiger partial charge in [-0.2, -0.15) is 0 Å². The van der Waals surface area contributed by atoms with Gasteiger partial charge in [-0.25, -0.2) is 4.39 Å². The van der Waals surface area contributed by atoms with E-state index < -0.39 is 0 Å². The lowest BCUT2D eigenvalue weighted by molar-refractivity contribution is 0.311. The minimum absolute atomic E-state index is 0.124. The van der Waals surface area contributed by atoms with Gasteiger partial charge in [0.1, 0.15) is 5.82 Å². The number of nitrogens with zero attached hydrogens (tertiary/aromatic N) is 1. The molecule has 1 atom stereocenters. The predicted octanol–water partition coefficient (Wildman–Crippen LogP) is 3.66. The van der Waals surface area contributed by atoms with Crippen LogP contribution in [0, 0.1) is 12.7 Å². The van der Waals surface area contributed by atoms with Crippen molar-refractivity contribution in [3.63, 3.8) is 0 Å². The Hall–Kier alpha value is -1.71. The molecule has 0 saturated heterocycles. The molecule has 0 aliphatic heterocycles. The van der Waals surface area contributed by atoms with Gasteiger partial charge in [0.05, 0.1) is 0 Å². The van der Waals surface area contributed by atoms with Gasteiger partial charge in [-0.05, 0) is 50.2 Å². The first-order valence-electron chi connectivity index (χ1n) is 7.30. The highest BCUT2D eigenvalue weighted by Crippen LogP contribution is 2.16. The highest BCUT2D eigenvalue weighted by Gasteiger charge is 2.08. The minimum Gasteiger partial charge on any atom is -0.324 e. The van der Waals surface area contributed by atoms with Gasteiger partial charge in [-0.15, -0.1) is 0 Å². The SMILES string of the molecule is Cc1ccc(CN(C)CCC(N)c2cccc(F)c2)cc1. The Kier molecular flexibility index (Phi) is 5.48. The number of hydrogen-bond acceptors (Lipinski definition) is 2. The Labute approximate surface area is 126 Å². The van der Waals surface area contributed by atoms with Crippen LogP contribution in [0.2, 0.25) is 0 Å². The molecule has 1 unspecified atom stereocenters. The van der Waals surface area contributed by atoms with E-state index >= 15 is 0 Å². The largest absolute Gasteiger partial charge is 0.324 e. The summed E-state index contributed by atoms with van der Waals surface area (Å²) in [6, 6.07) is 15.0. The maximum absolute atomic E-state index is 13.2. The van der Waals surface area contributed by atoms with Crippen molar-refractivity contribution in [1.82, 2.24) is 4.90 Å². The smallest absolute Gasteiger partial charge is 0.123 e. The van der Waals surface area contributed by atoms with Crippen LogP contribution in [-0.4, -0.2) is 18.5 Å². The van der Waals surface area contributed by atoms with Crippen LogP contribution in [0.1, 0.15) is 29.2 Å². The summed E-state index contributed by atoms with van der Waals surface area (Å²) in [4.78, 5) is 2.24. The summed E-state index contributed by atoms with van der Waals surface area (Å²) in [7, 11) is 2.08. The summed E-state index contributed by atoms with van der Waals surface area (Å²) >= 11 is 0. The van der Waals surface area contributed by atoms with Crippen LogP contribution < -0.4 is 5.73 Å². The fourth-order valence-electron chi connectivity index (χ4n) is 2.35. The third kappa shape index (κ3) is 4.96. The van der Waals surface area contributed by atoms with Crippen LogP contribution in [0.15, 0.2) is 48.5 Å². The highest BCUT2D eigenvalue weighted by atomic mass is 19.1. The van der Waals surface area contributed by atoms with Crippen molar-refractivity contribution in [3.05, 3.63) is 71.0 Å². The number of halogens is 1. The molecule has 2 aromatic carbocycles. The second kappa shape index (κ2) is 7.34. The number of nitrogens with two attached hydrogens (primary N) is 1. The van der Waals surface area contributed by atoms with Crippen molar-refractivity contribution in [2.24, 2.45) is 5.73 Å². The lowest BCUT2D eigenvalue weighted by Crippen LogP contribution is -2.23. The highest BCUT2D eigenvalue weighted by molar-refractivity contribution is 5.21. The van der Waals surface area contributed by atoms with Gasteiger partial charge >= 0.3 is 0 Å². The van der Waals surface area contributed by atoms with E-state index in [1.54, 1.807) is 6.07 Å². The predicted molar refractivity (Wildman–Crippen MR) is 85.5 cm³/mol. The van der Waals surface area contributed by atoms with Gasteiger partial charge < -0.3 is 10.6 Å². The Morgan fingerprint density at radius 1 is 1.14 bits per heavy atom. The summed E-state index contributed by atoms with van der Waals surface area (Å²) in [5.74, 6) is -0.226. The number of hydrogen-bond donors (Lipinski definition) is 1. The summed E-state index contributed by atoms with van der Waals surface area (Å²) in [6.07, 6.45) is 0.811. The van der Waals surface area contributed by atoms with Gasteiger partial charge in [-0.1, -0.05) is 42.0 Å². The van der Waals surface area contributed by atoms with Crippen molar-refractivity contribution in [3.8, 4) is 0 Å². The lowest BCUT2D eigenvalue weighted by Gasteiger charge is -2.20. The monoisotopic (exact) mass is 286 g/mol. The average Bonchev–Trinajstić information content (AvgIpc) is 2.47. The van der Waals surface area contributed by atoms with E-state index in [2.05, 4.69) is 43.1 Å². The first-order chi connectivity index (χ1) is 10.0. The second-order valence-electron chi connectivity index (χ2n) is 5.67. The third-order valence-electron chi connectivity index (χ3n) is 3.67. The molecule has 0 heterocycles. The van der Waals surface area contributed by atoms with Crippen molar-refractivity contribution in [2.75, 3.05) is 13.6 Å². The van der Waals surface area contributed by atoms with Gasteiger partial charge in [0.2, 0.25) is 0 Å². The molecule has 2 aromatic rings. The van der Waals surface area contributed by atoms with E-state index in [4.69, 9.17) is 5.73 Å². The first kappa shape index (κ1) is 15.7. The Balaban J connectivity index is 1.83. The molecule has 0 radical (unpaired) electrons. The van der Waals surface area contributed by atoms with E-state index in [1.165, 1.54) is 23.3 Å². The van der Waals surface area contributed by atoms with E-state index in [0.717, 1.165) is 25.1 Å². The Bertz CT molecular complexity index is 566. The van der Waals surface area contributed by atoms with E-state index in [-0.39, 0.29) is 11.9 Å². The van der Waals surface area contributed by atoms with E-state index in [9.17, 15) is 4.39 Å². The molecule has 0 amide bonds. The normalized spacial score (nSPS) is 12.6. The van der Waals surface area contributed by atoms with Crippen LogP contribution >= 0.6 is 0 Å². The molecule has 0 spiro atoms. The van der Waals surface area contributed by atoms with Crippen molar-refractivity contribution in [2.45, 2.75) is 25.9 Å². The molecule has 2 N–H and O–H groups in total. The molecule has 112 valence electrons. The van der Waals surface area contributed by atoms with Crippen LogP contribution in [0.5, 0.6) is 0 Å². The zero-order chi connectivity index (χ0) is 15.2. The molecule has 2 nitrogen and oxygen atoms in total. The molecule has 2 rings (SSSR count). The number of rotatable bonds is 6. The summed E-state index contributed by atoms with van der Waals surface area (Å²) in [5.41, 5.74) is 9.56. The molecule has 0 aromatic heterocycles. The summed E-state index contributed by atoms with van der Waals surface area (Å²) < 4.78 is 13.2. The second-order valence-corrected chi connectivity index (χ2v) is 5.67. The summed E-state index contributed by atoms with van der Waals surface area (Å²) in [6.45, 7) is 3.87. The van der Waals surface area contributed by atoms with Crippen LogP contribution in [0.25, 0.3) is 0 Å². The average molecular weight is 286 g/mol. The molecule has 0 fully saturated rings. The van der Waals surface area contributed by atoms with Crippen LogP contribution in [-0.2, 0) is 6.54 Å². The molecular formula is C18H23FN2. The minimum atomic E-state index is -0.226. The zero-order valence-electron chi connectivity index (χ0n) is 12.7. The molecule has 0 saturated carbocycles. The van der Waals surface area contributed by atoms with Crippen molar-refractivity contribution < 1.29 is 4.39 Å². The standard InChI is InChI=1S/C18H23FN2/c1-14-6-8-15(9-7-14)13-21(2)11-10-18(20)16-4-3-5-17(19)12-16/h3-9,12,18H,10-11,13,20H2,1-2H3. The molecule has 0 bridgehead atoms. The van der Waals surface area contributed by atoms with E-state index in [1.807, 2.05) is 6.07 Å². The summed E-state index contributed by atoms with van der Waals surface area (Å²) in [5, 5.41) is 0. The molecule has 0 aliphatic carbocycles. The van der Waals surface area contributed by atoms with Gasteiger partial charge in [0.15, 0.2) is 0 Å². The molecular weight excluding hydrogens is 263 g/mol. The van der Waals surface area contributed by atoms with Gasteiger partial charge in [0, 0.05) is 12.6 Å². The molecule has 21 heavy (non-hydrogen) atoms. The Morgan fingerprint density at radius 2 is 1.86 bits per heavy atom. The van der Waals surface area contributed by atoms with Gasteiger partial charge in [0.25, 0.3) is 0 Å². The Morgan fingerprint density at radius 3 is 2.52 bits per heavy atom. The zero-order valence-corrected chi connectivity index (χ0v) is 12.7. The molecule has 3 heteroatoms. The van der Waals surface area contributed by atoms with Crippen LogP contribution in [0.4, 0.5) is 4.39 Å². The number of aryl methyl sites for hydroxylation is 1. The van der Waals surface area contributed by atoms with E-state index in [0.29, 0.717) is 0 Å². The number of benzene rings is 2. The lowest BCUT2D eigenvalue weighted by atomic mass is 10.0. The fraction of sp³-hybridized carbons (Fsp3) is 0.333. The topological polar surface area (TPSA) is 29.3 Å². The first-order valence-corrected chi connectivity index (χ1v) is 7.30. The van der Waals surface area contributed by atoms with Crippen LogP contribution in [0.3, 0.4) is 0 Å². The quantitative estimate of drug-likeness (QED) is 0.878. The van der Waals surface area contributed by atoms with Gasteiger partial charge in [-0.3, -0.25) is 0 Å². The van der Waals surface area contributed by atoms with Crippen molar-refractivity contribution >= 4 is 0 Å². The van der Waals surface area contributed by atoms with Crippen molar-refractivity contribution in [1.29, 1.82) is 0 Å². The maximum atomic E-state index is 13.2. The fourth-order valence-corrected chi connectivity index (χ4v) is 2.35.